The molecule has 100 heavy (non-hydrogen) atoms. The SMILES string of the molecule is Cc1cc(C)c(B(c2cccc(-c3ccc4oc5ccc(-n6c7ccccc7c7cc8c9ccccc9n(-c9ccccc9)c8cc76)cc5c4c3)n2)c2cccc(-c3ccc4oc5ccc(-n6c7ccccc7c7cc8c9ccccc9n(-c9ccccc9)c8cc76)cc5c4c3)n2)c(C)c1. The fourth-order valence-corrected chi connectivity index (χ4v) is 16.9. The number of rotatable bonds is 9. The lowest BCUT2D eigenvalue weighted by Crippen LogP contribution is -2.56. The van der Waals surface area contributed by atoms with Crippen LogP contribution in [0.25, 0.3) is 176 Å². The van der Waals surface area contributed by atoms with Crippen LogP contribution in [0.5, 0.6) is 0 Å². The van der Waals surface area contributed by atoms with Crippen molar-refractivity contribution in [3.63, 3.8) is 0 Å². The first-order valence-corrected chi connectivity index (χ1v) is 34.3. The summed E-state index contributed by atoms with van der Waals surface area (Å²) in [6.45, 7) is 6.34. The molecule has 0 aliphatic heterocycles. The molecule has 0 spiro atoms. The van der Waals surface area contributed by atoms with Crippen molar-refractivity contribution in [1.29, 1.82) is 0 Å². The molecule has 468 valence electrons. The number of hydrogen-bond donors (Lipinski definition) is 0. The van der Waals surface area contributed by atoms with Crippen LogP contribution in [0.3, 0.4) is 0 Å². The van der Waals surface area contributed by atoms with Gasteiger partial charge in [-0.15, -0.1) is 0 Å². The lowest BCUT2D eigenvalue weighted by molar-refractivity contribution is 0.668. The zero-order valence-corrected chi connectivity index (χ0v) is 54.9. The molecule has 0 N–H and O–H groups in total. The van der Waals surface area contributed by atoms with E-state index >= 15 is 0 Å². The van der Waals surface area contributed by atoms with E-state index in [9.17, 15) is 0 Å². The monoisotopic (exact) mass is 1280 g/mol. The Morgan fingerprint density at radius 3 is 0.980 bits per heavy atom. The number of aryl methyl sites for hydroxylation is 3. The van der Waals surface area contributed by atoms with Crippen LogP contribution in [-0.4, -0.2) is 34.9 Å². The minimum Gasteiger partial charge on any atom is -0.456 e. The van der Waals surface area contributed by atoms with Crippen molar-refractivity contribution in [2.75, 3.05) is 0 Å². The van der Waals surface area contributed by atoms with E-state index in [4.69, 9.17) is 18.8 Å². The highest BCUT2D eigenvalue weighted by Crippen LogP contribution is 2.44. The standard InChI is InChI=1S/C91H59BN6O2/c1-54-44-55(2)91(56(3)45-54)92(89-34-18-28-75(93-89)57-36-40-85-71(46-57)73-48-61(38-42-87(73)99-85)97-79-32-16-12-26-65(79)69-50-67-63-24-10-14-30-77(63)95(81(67)52-83(69)97)59-20-6-4-7-21-59)90-35-19-29-76(94-90)58-37-41-86-72(47-58)74-49-62(39-43-88(74)100-86)98-80-33-17-13-27-66(80)70-51-68-64-25-11-15-31-78(64)96(82(68)53-84(70)98)60-22-8-5-9-23-60/h4-53H,1-3H3. The predicted octanol–water partition coefficient (Wildman–Crippen LogP) is 21.4. The van der Waals surface area contributed by atoms with Gasteiger partial charge in [0.25, 0.3) is 6.71 Å². The number of para-hydroxylation sites is 6. The van der Waals surface area contributed by atoms with E-state index in [-0.39, 0.29) is 6.71 Å². The summed E-state index contributed by atoms with van der Waals surface area (Å²) in [5.74, 6) is 0. The fourth-order valence-electron chi connectivity index (χ4n) is 16.9. The maximum atomic E-state index is 6.68. The van der Waals surface area contributed by atoms with Gasteiger partial charge >= 0.3 is 0 Å². The zero-order valence-electron chi connectivity index (χ0n) is 54.9. The van der Waals surface area contributed by atoms with E-state index in [2.05, 4.69) is 342 Å². The van der Waals surface area contributed by atoms with Gasteiger partial charge < -0.3 is 27.1 Å². The van der Waals surface area contributed by atoms with E-state index in [1.54, 1.807) is 0 Å². The van der Waals surface area contributed by atoms with Crippen molar-refractivity contribution in [3.8, 4) is 45.3 Å². The summed E-state index contributed by atoms with van der Waals surface area (Å²) >= 11 is 0. The lowest BCUT2D eigenvalue weighted by Gasteiger charge is -2.20. The zero-order chi connectivity index (χ0) is 66.0. The Morgan fingerprint density at radius 1 is 0.250 bits per heavy atom. The molecule has 0 aliphatic rings. The van der Waals surface area contributed by atoms with Crippen molar-refractivity contribution in [2.24, 2.45) is 0 Å². The second-order valence-corrected chi connectivity index (χ2v) is 27.0. The number of pyridine rings is 2. The summed E-state index contributed by atoms with van der Waals surface area (Å²) in [5.41, 5.74) is 27.3. The van der Waals surface area contributed by atoms with Crippen LogP contribution in [-0.2, 0) is 0 Å². The highest BCUT2D eigenvalue weighted by Gasteiger charge is 2.30. The normalized spacial score (nSPS) is 12.2. The number of fused-ring (bicyclic) bond motifs is 18. The van der Waals surface area contributed by atoms with Gasteiger partial charge in [-0.3, -0.25) is 9.97 Å². The quantitative estimate of drug-likeness (QED) is 0.135. The van der Waals surface area contributed by atoms with Gasteiger partial charge in [-0.05, 0) is 191 Å². The Balaban J connectivity index is 0.667. The van der Waals surface area contributed by atoms with Crippen molar-refractivity contribution in [2.45, 2.75) is 20.8 Å². The van der Waals surface area contributed by atoms with E-state index in [1.807, 2.05) is 0 Å². The molecule has 8 nitrogen and oxygen atoms in total. The Labute approximate surface area is 574 Å². The van der Waals surface area contributed by atoms with Gasteiger partial charge in [0.05, 0.1) is 55.5 Å². The second-order valence-electron chi connectivity index (χ2n) is 27.0. The van der Waals surface area contributed by atoms with Crippen LogP contribution in [0.4, 0.5) is 0 Å². The number of aromatic nitrogens is 6. The van der Waals surface area contributed by atoms with Gasteiger partial charge in [0.1, 0.15) is 22.3 Å². The molecule has 0 saturated heterocycles. The first-order valence-electron chi connectivity index (χ1n) is 34.3. The summed E-state index contributed by atoms with van der Waals surface area (Å²) in [5, 5.41) is 13.9. The van der Waals surface area contributed by atoms with Gasteiger partial charge in [0.2, 0.25) is 0 Å². The average molecular weight is 1280 g/mol. The molecule has 21 rings (SSSR count). The van der Waals surface area contributed by atoms with Crippen molar-refractivity contribution >= 4 is 154 Å². The summed E-state index contributed by atoms with van der Waals surface area (Å²) in [7, 11) is 0. The lowest BCUT2D eigenvalue weighted by atomic mass is 9.38. The topological polar surface area (TPSA) is 71.8 Å². The Hall–Kier alpha value is -13.0. The van der Waals surface area contributed by atoms with E-state index in [0.717, 1.165) is 133 Å². The van der Waals surface area contributed by atoms with E-state index in [1.165, 1.54) is 76.3 Å². The number of nitrogens with zero attached hydrogens (tertiary/aromatic N) is 6. The molecule has 0 radical (unpaired) electrons. The van der Waals surface area contributed by atoms with Crippen LogP contribution in [0.2, 0.25) is 0 Å². The van der Waals surface area contributed by atoms with Gasteiger partial charge in [-0.25, -0.2) is 0 Å². The fraction of sp³-hybridized carbons (Fsp3) is 0.0330. The van der Waals surface area contributed by atoms with Gasteiger partial charge in [0.15, 0.2) is 0 Å². The first kappa shape index (κ1) is 56.2. The molecule has 13 aromatic carbocycles. The minimum absolute atomic E-state index is 0.287. The molecule has 8 heterocycles. The van der Waals surface area contributed by atoms with Crippen molar-refractivity contribution in [3.05, 3.63) is 320 Å². The number of hydrogen-bond acceptors (Lipinski definition) is 4. The first-order chi connectivity index (χ1) is 49.3. The summed E-state index contributed by atoms with van der Waals surface area (Å²) in [6.07, 6.45) is 0. The van der Waals surface area contributed by atoms with Gasteiger partial charge in [-0.1, -0.05) is 156 Å². The third-order valence-electron chi connectivity index (χ3n) is 21.1. The molecule has 0 atom stereocenters. The predicted molar refractivity (Wildman–Crippen MR) is 417 cm³/mol. The van der Waals surface area contributed by atoms with Gasteiger partial charge in [-0.2, -0.15) is 0 Å². The molecule has 8 aromatic heterocycles. The number of benzene rings is 13. The van der Waals surface area contributed by atoms with Gasteiger partial charge in [0, 0.05) is 110 Å². The van der Waals surface area contributed by atoms with E-state index < -0.39 is 0 Å². The Morgan fingerprint density at radius 2 is 0.590 bits per heavy atom. The third kappa shape index (κ3) is 8.42. The summed E-state index contributed by atoms with van der Waals surface area (Å²) in [4.78, 5) is 11.3. The molecule has 0 saturated carbocycles. The second kappa shape index (κ2) is 21.5. The molecular weight excluding hydrogens is 1220 g/mol. The molecule has 9 heteroatoms. The molecule has 0 amide bonds. The highest BCUT2D eigenvalue weighted by atomic mass is 16.3. The Bertz CT molecular complexity index is 6610. The summed E-state index contributed by atoms with van der Waals surface area (Å²) < 4.78 is 23.0. The smallest absolute Gasteiger partial charge is 0.288 e. The molecule has 0 aliphatic carbocycles. The molecule has 21 aromatic rings. The molecular formula is C91H59BN6O2. The van der Waals surface area contributed by atoms with Crippen LogP contribution in [0.15, 0.2) is 312 Å². The highest BCUT2D eigenvalue weighted by molar-refractivity contribution is 6.95. The number of furan rings is 2. The third-order valence-corrected chi connectivity index (χ3v) is 21.1. The molecule has 0 bridgehead atoms. The van der Waals surface area contributed by atoms with Crippen molar-refractivity contribution < 1.29 is 8.83 Å². The Kier molecular flexibility index (Phi) is 12.1. The summed E-state index contributed by atoms with van der Waals surface area (Å²) in [6, 6.07) is 110. The maximum Gasteiger partial charge on any atom is 0.288 e. The maximum absolute atomic E-state index is 6.68. The van der Waals surface area contributed by atoms with Crippen LogP contribution in [0.1, 0.15) is 16.7 Å². The van der Waals surface area contributed by atoms with Crippen molar-refractivity contribution in [1.82, 2.24) is 28.2 Å². The molecule has 0 unspecified atom stereocenters. The minimum atomic E-state index is -0.287. The van der Waals surface area contributed by atoms with Crippen LogP contribution in [0, 0.1) is 20.8 Å². The average Bonchev–Trinajstić information content (AvgIpc) is 1.56. The van der Waals surface area contributed by atoms with E-state index in [0.29, 0.717) is 0 Å². The largest absolute Gasteiger partial charge is 0.456 e. The molecule has 0 fully saturated rings. The van der Waals surface area contributed by atoms with Crippen LogP contribution < -0.4 is 16.6 Å². The van der Waals surface area contributed by atoms with Crippen LogP contribution >= 0.6 is 0 Å².